The first kappa shape index (κ1) is 15.9. The number of aryl methyl sites for hydroxylation is 1. The molecule has 0 amide bonds. The van der Waals surface area contributed by atoms with Gasteiger partial charge in [-0.1, -0.05) is 45.0 Å². The summed E-state index contributed by atoms with van der Waals surface area (Å²) in [5.41, 5.74) is 2.32. The van der Waals surface area contributed by atoms with Gasteiger partial charge in [0.05, 0.1) is 5.69 Å². The molecule has 0 unspecified atom stereocenters. The highest BCUT2D eigenvalue weighted by Gasteiger charge is 2.17. The first-order valence-electron chi connectivity index (χ1n) is 7.10. The van der Waals surface area contributed by atoms with Crippen molar-refractivity contribution < 1.29 is 14.7 Å². The summed E-state index contributed by atoms with van der Waals surface area (Å²) in [4.78, 5) is 23.4. The van der Waals surface area contributed by atoms with E-state index in [2.05, 4.69) is 25.9 Å². The van der Waals surface area contributed by atoms with E-state index >= 15 is 0 Å². The standard InChI is InChI=1S/C17H20N2O3/c1-11-9-14(16(21)22)19(18-11)10-15(20)12-5-7-13(8-6-12)17(2,3)4/h5-9H,10H2,1-4H3,(H,21,22). The third-order valence-electron chi connectivity index (χ3n) is 3.49. The van der Waals surface area contributed by atoms with Crippen LogP contribution in [-0.2, 0) is 12.0 Å². The van der Waals surface area contributed by atoms with Gasteiger partial charge in [0.25, 0.3) is 0 Å². The van der Waals surface area contributed by atoms with Crippen LogP contribution in [0.3, 0.4) is 0 Å². The van der Waals surface area contributed by atoms with E-state index in [-0.39, 0.29) is 23.4 Å². The maximum atomic E-state index is 12.3. The Morgan fingerprint density at radius 3 is 2.27 bits per heavy atom. The molecule has 1 heterocycles. The van der Waals surface area contributed by atoms with Crippen LogP contribution in [0.5, 0.6) is 0 Å². The molecular formula is C17H20N2O3. The van der Waals surface area contributed by atoms with E-state index in [4.69, 9.17) is 5.11 Å². The minimum Gasteiger partial charge on any atom is -0.477 e. The van der Waals surface area contributed by atoms with Crippen molar-refractivity contribution >= 4 is 11.8 Å². The fourth-order valence-electron chi connectivity index (χ4n) is 2.22. The maximum Gasteiger partial charge on any atom is 0.354 e. The largest absolute Gasteiger partial charge is 0.477 e. The van der Waals surface area contributed by atoms with E-state index in [0.29, 0.717) is 11.3 Å². The van der Waals surface area contributed by atoms with Gasteiger partial charge in [0.15, 0.2) is 5.78 Å². The first-order valence-corrected chi connectivity index (χ1v) is 7.10. The number of hydrogen-bond donors (Lipinski definition) is 1. The highest BCUT2D eigenvalue weighted by molar-refractivity contribution is 5.96. The molecular weight excluding hydrogens is 280 g/mol. The lowest BCUT2D eigenvalue weighted by molar-refractivity contribution is 0.0683. The van der Waals surface area contributed by atoms with Crippen molar-refractivity contribution in [3.8, 4) is 0 Å². The normalized spacial score (nSPS) is 11.5. The van der Waals surface area contributed by atoms with Gasteiger partial charge in [-0.2, -0.15) is 5.10 Å². The van der Waals surface area contributed by atoms with Crippen LogP contribution in [0.2, 0.25) is 0 Å². The zero-order chi connectivity index (χ0) is 16.5. The van der Waals surface area contributed by atoms with Crippen molar-refractivity contribution in [1.82, 2.24) is 9.78 Å². The Balaban J connectivity index is 2.21. The number of benzene rings is 1. The molecule has 5 heteroatoms. The molecule has 2 rings (SSSR count). The number of Topliss-reactive ketones (excluding diaryl/α,β-unsaturated/α-hetero) is 1. The molecule has 2 aromatic rings. The lowest BCUT2D eigenvalue weighted by Crippen LogP contribution is -2.17. The van der Waals surface area contributed by atoms with E-state index in [1.807, 2.05) is 12.1 Å². The highest BCUT2D eigenvalue weighted by atomic mass is 16.4. The molecule has 0 spiro atoms. The van der Waals surface area contributed by atoms with Crippen LogP contribution in [0, 0.1) is 6.92 Å². The predicted molar refractivity (Wildman–Crippen MR) is 83.4 cm³/mol. The van der Waals surface area contributed by atoms with Crippen LogP contribution in [-0.4, -0.2) is 26.6 Å². The number of carbonyl (C=O) groups is 2. The average molecular weight is 300 g/mol. The summed E-state index contributed by atoms with van der Waals surface area (Å²) in [7, 11) is 0. The quantitative estimate of drug-likeness (QED) is 0.881. The summed E-state index contributed by atoms with van der Waals surface area (Å²) < 4.78 is 1.23. The number of nitrogens with zero attached hydrogens (tertiary/aromatic N) is 2. The number of carboxylic acids is 1. The van der Waals surface area contributed by atoms with Gasteiger partial charge in [-0.25, -0.2) is 4.79 Å². The predicted octanol–water partition coefficient (Wildman–Crippen LogP) is 3.07. The van der Waals surface area contributed by atoms with Crippen LogP contribution in [0.15, 0.2) is 30.3 Å². The Hall–Kier alpha value is -2.43. The second-order valence-corrected chi connectivity index (χ2v) is 6.38. The SMILES string of the molecule is Cc1cc(C(=O)O)n(CC(=O)c2ccc(C(C)(C)C)cc2)n1. The molecule has 1 N–H and O–H groups in total. The van der Waals surface area contributed by atoms with E-state index < -0.39 is 5.97 Å². The number of ketones is 1. The average Bonchev–Trinajstić information content (AvgIpc) is 2.79. The van der Waals surface area contributed by atoms with Gasteiger partial charge < -0.3 is 5.11 Å². The van der Waals surface area contributed by atoms with E-state index in [1.165, 1.54) is 10.7 Å². The molecule has 0 saturated carbocycles. The van der Waals surface area contributed by atoms with Crippen molar-refractivity contribution in [2.75, 3.05) is 0 Å². The minimum atomic E-state index is -1.09. The molecule has 22 heavy (non-hydrogen) atoms. The van der Waals surface area contributed by atoms with Crippen molar-refractivity contribution in [1.29, 1.82) is 0 Å². The van der Waals surface area contributed by atoms with E-state index in [0.717, 1.165) is 5.56 Å². The second kappa shape index (κ2) is 5.75. The van der Waals surface area contributed by atoms with Gasteiger partial charge in [0, 0.05) is 5.56 Å². The zero-order valence-electron chi connectivity index (χ0n) is 13.3. The van der Waals surface area contributed by atoms with Crippen molar-refractivity contribution in [2.45, 2.75) is 39.7 Å². The number of carboxylic acid groups (broad SMARTS) is 1. The maximum absolute atomic E-state index is 12.3. The number of aromatic nitrogens is 2. The molecule has 1 aromatic carbocycles. The molecule has 0 atom stereocenters. The molecule has 0 aliphatic heterocycles. The van der Waals surface area contributed by atoms with Gasteiger partial charge in [0.1, 0.15) is 12.2 Å². The molecule has 0 bridgehead atoms. The van der Waals surface area contributed by atoms with Crippen LogP contribution in [0.1, 0.15) is 52.9 Å². The number of carbonyl (C=O) groups excluding carboxylic acids is 1. The Morgan fingerprint density at radius 2 is 1.77 bits per heavy atom. The fraction of sp³-hybridized carbons (Fsp3) is 0.353. The number of hydrogen-bond acceptors (Lipinski definition) is 3. The van der Waals surface area contributed by atoms with Gasteiger partial charge in [-0.15, -0.1) is 0 Å². The lowest BCUT2D eigenvalue weighted by Gasteiger charge is -2.19. The molecule has 0 aliphatic carbocycles. The smallest absolute Gasteiger partial charge is 0.354 e. The third-order valence-corrected chi connectivity index (χ3v) is 3.49. The monoisotopic (exact) mass is 300 g/mol. The van der Waals surface area contributed by atoms with Crippen molar-refractivity contribution in [2.24, 2.45) is 0 Å². The Labute approximate surface area is 129 Å². The molecule has 0 fully saturated rings. The van der Waals surface area contributed by atoms with Crippen LogP contribution < -0.4 is 0 Å². The molecule has 0 saturated heterocycles. The van der Waals surface area contributed by atoms with E-state index in [1.54, 1.807) is 19.1 Å². The summed E-state index contributed by atoms with van der Waals surface area (Å²) in [5.74, 6) is -1.25. The zero-order valence-corrected chi connectivity index (χ0v) is 13.3. The molecule has 0 aliphatic rings. The van der Waals surface area contributed by atoms with Gasteiger partial charge in [0.2, 0.25) is 0 Å². The summed E-state index contributed by atoms with van der Waals surface area (Å²) in [6.45, 7) is 7.94. The molecule has 1 aromatic heterocycles. The second-order valence-electron chi connectivity index (χ2n) is 6.38. The number of aromatic carboxylic acids is 1. The Bertz CT molecular complexity index is 706. The molecule has 0 radical (unpaired) electrons. The molecule has 116 valence electrons. The minimum absolute atomic E-state index is 0.0250. The molecule has 5 nitrogen and oxygen atoms in total. The Kier molecular flexibility index (Phi) is 4.17. The van der Waals surface area contributed by atoms with Crippen LogP contribution in [0.25, 0.3) is 0 Å². The first-order chi connectivity index (χ1) is 10.2. The summed E-state index contributed by atoms with van der Waals surface area (Å²) in [5, 5.41) is 13.2. The summed E-state index contributed by atoms with van der Waals surface area (Å²) >= 11 is 0. The fourth-order valence-corrected chi connectivity index (χ4v) is 2.22. The lowest BCUT2D eigenvalue weighted by atomic mass is 9.86. The number of rotatable bonds is 4. The topological polar surface area (TPSA) is 72.2 Å². The summed E-state index contributed by atoms with van der Waals surface area (Å²) in [6, 6.07) is 8.87. The highest BCUT2D eigenvalue weighted by Crippen LogP contribution is 2.22. The van der Waals surface area contributed by atoms with E-state index in [9.17, 15) is 9.59 Å². The Morgan fingerprint density at radius 1 is 1.18 bits per heavy atom. The van der Waals surface area contributed by atoms with Gasteiger partial charge >= 0.3 is 5.97 Å². The van der Waals surface area contributed by atoms with Crippen LogP contribution >= 0.6 is 0 Å². The van der Waals surface area contributed by atoms with Gasteiger partial charge in [-0.3, -0.25) is 9.48 Å². The van der Waals surface area contributed by atoms with Gasteiger partial charge in [-0.05, 0) is 24.0 Å². The van der Waals surface area contributed by atoms with Crippen molar-refractivity contribution in [3.05, 3.63) is 52.8 Å². The summed E-state index contributed by atoms with van der Waals surface area (Å²) in [6.07, 6.45) is 0. The van der Waals surface area contributed by atoms with Crippen LogP contribution in [0.4, 0.5) is 0 Å². The van der Waals surface area contributed by atoms with Crippen molar-refractivity contribution in [3.63, 3.8) is 0 Å². The third kappa shape index (κ3) is 3.42.